The first-order valence-electron chi connectivity index (χ1n) is 7.55. The second kappa shape index (κ2) is 7.10. The molecule has 0 saturated carbocycles. The van der Waals surface area contributed by atoms with Crippen molar-refractivity contribution in [2.75, 3.05) is 45.9 Å². The molecule has 0 aliphatic carbocycles. The third kappa shape index (κ3) is 4.35. The molecule has 0 bridgehead atoms. The number of piperidine rings is 1. The number of likely N-dealkylation sites (tertiary alicyclic amines) is 1. The van der Waals surface area contributed by atoms with Gasteiger partial charge in [-0.2, -0.15) is 0 Å². The van der Waals surface area contributed by atoms with E-state index in [0.29, 0.717) is 6.54 Å². The van der Waals surface area contributed by atoms with Gasteiger partial charge in [0.15, 0.2) is 0 Å². The molecule has 0 aromatic heterocycles. The zero-order valence-electron chi connectivity index (χ0n) is 12.2. The number of nitrogens with one attached hydrogen (secondary N) is 1. The second-order valence-corrected chi connectivity index (χ2v) is 5.74. The van der Waals surface area contributed by atoms with E-state index in [4.69, 9.17) is 4.74 Å². The number of rotatable bonds is 3. The summed E-state index contributed by atoms with van der Waals surface area (Å²) in [5.74, 6) is 0.754. The molecule has 2 fully saturated rings. The summed E-state index contributed by atoms with van der Waals surface area (Å²) in [5, 5.41) is 3.02. The number of carbonyl (C=O) groups excluding carboxylic acids is 1. The standard InChI is InChI=1S/C14H27N3O2/c1-3-16-8-9-19-13(11-16)10-15-14(18)17-6-4-12(2)5-7-17/h12-13H,3-11H2,1-2H3,(H,15,18). The van der Waals surface area contributed by atoms with Gasteiger partial charge >= 0.3 is 6.03 Å². The Morgan fingerprint density at radius 3 is 2.74 bits per heavy atom. The Morgan fingerprint density at radius 2 is 2.05 bits per heavy atom. The van der Waals surface area contributed by atoms with E-state index in [1.165, 1.54) is 0 Å². The molecule has 5 nitrogen and oxygen atoms in total. The normalized spacial score (nSPS) is 26.4. The highest BCUT2D eigenvalue weighted by atomic mass is 16.5. The van der Waals surface area contributed by atoms with Gasteiger partial charge in [0.2, 0.25) is 0 Å². The van der Waals surface area contributed by atoms with Crippen molar-refractivity contribution in [3.8, 4) is 0 Å². The van der Waals surface area contributed by atoms with Gasteiger partial charge in [-0.05, 0) is 25.3 Å². The Bertz CT molecular complexity index is 290. The maximum Gasteiger partial charge on any atom is 0.317 e. The van der Waals surface area contributed by atoms with E-state index in [1.54, 1.807) is 0 Å². The summed E-state index contributed by atoms with van der Waals surface area (Å²) >= 11 is 0. The van der Waals surface area contributed by atoms with Crippen LogP contribution in [0.15, 0.2) is 0 Å². The summed E-state index contributed by atoms with van der Waals surface area (Å²) in [6.07, 6.45) is 2.38. The van der Waals surface area contributed by atoms with Crippen molar-refractivity contribution >= 4 is 6.03 Å². The van der Waals surface area contributed by atoms with E-state index < -0.39 is 0 Å². The van der Waals surface area contributed by atoms with Crippen LogP contribution in [0.25, 0.3) is 0 Å². The first kappa shape index (κ1) is 14.6. The molecule has 2 aliphatic heterocycles. The van der Waals surface area contributed by atoms with Crippen molar-refractivity contribution < 1.29 is 9.53 Å². The smallest absolute Gasteiger partial charge is 0.317 e. The second-order valence-electron chi connectivity index (χ2n) is 5.74. The highest BCUT2D eigenvalue weighted by Crippen LogP contribution is 2.15. The van der Waals surface area contributed by atoms with Crippen LogP contribution < -0.4 is 5.32 Å². The molecule has 0 aromatic rings. The molecule has 110 valence electrons. The molecule has 0 aromatic carbocycles. The van der Waals surface area contributed by atoms with Crippen molar-refractivity contribution in [2.45, 2.75) is 32.8 Å². The molecule has 5 heteroatoms. The summed E-state index contributed by atoms with van der Waals surface area (Å²) in [6.45, 7) is 10.6. The van der Waals surface area contributed by atoms with Crippen LogP contribution >= 0.6 is 0 Å². The fourth-order valence-corrected chi connectivity index (χ4v) is 2.72. The fraction of sp³-hybridized carbons (Fsp3) is 0.929. The molecule has 1 atom stereocenters. The molecule has 0 radical (unpaired) electrons. The number of hydrogen-bond acceptors (Lipinski definition) is 3. The maximum absolute atomic E-state index is 12.0. The van der Waals surface area contributed by atoms with Crippen molar-refractivity contribution in [3.05, 3.63) is 0 Å². The molecule has 1 N–H and O–H groups in total. The lowest BCUT2D eigenvalue weighted by molar-refractivity contribution is -0.0245. The molecule has 2 rings (SSSR count). The van der Waals surface area contributed by atoms with Crippen LogP contribution in [0.4, 0.5) is 4.79 Å². The molecule has 2 aliphatic rings. The average molecular weight is 269 g/mol. The molecule has 0 spiro atoms. The number of nitrogens with zero attached hydrogens (tertiary/aromatic N) is 2. The van der Waals surface area contributed by atoms with Gasteiger partial charge in [-0.3, -0.25) is 4.90 Å². The summed E-state index contributed by atoms with van der Waals surface area (Å²) < 4.78 is 5.69. The number of ether oxygens (including phenoxy) is 1. The Kier molecular flexibility index (Phi) is 5.45. The largest absolute Gasteiger partial charge is 0.374 e. The molecular weight excluding hydrogens is 242 g/mol. The van der Waals surface area contributed by atoms with E-state index in [-0.39, 0.29) is 12.1 Å². The van der Waals surface area contributed by atoms with E-state index in [2.05, 4.69) is 24.1 Å². The van der Waals surface area contributed by atoms with Gasteiger partial charge < -0.3 is 15.0 Å². The zero-order chi connectivity index (χ0) is 13.7. The molecular formula is C14H27N3O2. The number of urea groups is 1. The van der Waals surface area contributed by atoms with E-state index >= 15 is 0 Å². The van der Waals surface area contributed by atoms with Gasteiger partial charge in [-0.15, -0.1) is 0 Å². The van der Waals surface area contributed by atoms with E-state index in [1.807, 2.05) is 4.90 Å². The van der Waals surface area contributed by atoms with Crippen molar-refractivity contribution in [1.82, 2.24) is 15.1 Å². The van der Waals surface area contributed by atoms with Gasteiger partial charge in [-0.1, -0.05) is 13.8 Å². The Hall–Kier alpha value is -0.810. The molecule has 2 saturated heterocycles. The SMILES string of the molecule is CCN1CCOC(CNC(=O)N2CCC(C)CC2)C1. The fourth-order valence-electron chi connectivity index (χ4n) is 2.72. The van der Waals surface area contributed by atoms with Crippen LogP contribution in [-0.4, -0.2) is 67.8 Å². The van der Waals surface area contributed by atoms with Gasteiger partial charge in [0, 0.05) is 32.7 Å². The maximum atomic E-state index is 12.0. The van der Waals surface area contributed by atoms with Crippen LogP contribution in [0.2, 0.25) is 0 Å². The van der Waals surface area contributed by atoms with Crippen LogP contribution in [-0.2, 0) is 4.74 Å². The summed E-state index contributed by atoms with van der Waals surface area (Å²) in [7, 11) is 0. The van der Waals surface area contributed by atoms with Crippen LogP contribution in [0.5, 0.6) is 0 Å². The Balaban J connectivity index is 1.68. The van der Waals surface area contributed by atoms with Gasteiger partial charge in [0.1, 0.15) is 0 Å². The van der Waals surface area contributed by atoms with E-state index in [9.17, 15) is 4.79 Å². The highest BCUT2D eigenvalue weighted by Gasteiger charge is 2.23. The predicted octanol–water partition coefficient (Wildman–Crippen LogP) is 1.15. The van der Waals surface area contributed by atoms with Crippen molar-refractivity contribution in [1.29, 1.82) is 0 Å². The quantitative estimate of drug-likeness (QED) is 0.836. The summed E-state index contributed by atoms with van der Waals surface area (Å²) in [4.78, 5) is 16.3. The first-order valence-corrected chi connectivity index (χ1v) is 7.55. The van der Waals surface area contributed by atoms with Crippen molar-refractivity contribution in [3.63, 3.8) is 0 Å². The first-order chi connectivity index (χ1) is 9.19. The highest BCUT2D eigenvalue weighted by molar-refractivity contribution is 5.74. The molecule has 19 heavy (non-hydrogen) atoms. The number of likely N-dealkylation sites (N-methyl/N-ethyl adjacent to an activating group) is 1. The number of hydrogen-bond donors (Lipinski definition) is 1. The average Bonchev–Trinajstić information content (AvgIpc) is 2.46. The lowest BCUT2D eigenvalue weighted by atomic mass is 10.00. The third-order valence-corrected chi connectivity index (χ3v) is 4.22. The lowest BCUT2D eigenvalue weighted by Crippen LogP contribution is -2.50. The lowest BCUT2D eigenvalue weighted by Gasteiger charge is -2.34. The van der Waals surface area contributed by atoms with Crippen molar-refractivity contribution in [2.24, 2.45) is 5.92 Å². The van der Waals surface area contributed by atoms with Crippen LogP contribution in [0, 0.1) is 5.92 Å². The Morgan fingerprint density at radius 1 is 1.32 bits per heavy atom. The topological polar surface area (TPSA) is 44.8 Å². The minimum absolute atomic E-state index is 0.0733. The molecule has 2 amide bonds. The Labute approximate surface area is 116 Å². The predicted molar refractivity (Wildman–Crippen MR) is 75.2 cm³/mol. The number of amides is 2. The van der Waals surface area contributed by atoms with Crippen LogP contribution in [0.1, 0.15) is 26.7 Å². The molecule has 1 unspecified atom stereocenters. The summed E-state index contributed by atoms with van der Waals surface area (Å²) in [5.41, 5.74) is 0. The minimum Gasteiger partial charge on any atom is -0.374 e. The van der Waals surface area contributed by atoms with Gasteiger partial charge in [0.05, 0.1) is 12.7 Å². The molecule has 2 heterocycles. The van der Waals surface area contributed by atoms with Gasteiger partial charge in [0.25, 0.3) is 0 Å². The number of morpholine rings is 1. The monoisotopic (exact) mass is 269 g/mol. The van der Waals surface area contributed by atoms with E-state index in [0.717, 1.165) is 58.1 Å². The minimum atomic E-state index is 0.0733. The third-order valence-electron chi connectivity index (χ3n) is 4.22. The van der Waals surface area contributed by atoms with Crippen LogP contribution in [0.3, 0.4) is 0 Å². The summed E-state index contributed by atoms with van der Waals surface area (Å²) in [6, 6.07) is 0.0733. The zero-order valence-corrected chi connectivity index (χ0v) is 12.2. The van der Waals surface area contributed by atoms with Gasteiger partial charge in [-0.25, -0.2) is 4.79 Å². The number of carbonyl (C=O) groups is 1.